The Balaban J connectivity index is 1.81. The van der Waals surface area contributed by atoms with Gasteiger partial charge in [-0.1, -0.05) is 12.5 Å². The SMILES string of the molecule is COc1cc([C@@H]2CCCC[C@@H]2[N+](=O)[O-])ccc1OC1CCCC1. The topological polar surface area (TPSA) is 61.6 Å². The molecule has 0 amide bonds. The van der Waals surface area contributed by atoms with Crippen LogP contribution in [0.25, 0.3) is 0 Å². The van der Waals surface area contributed by atoms with Crippen molar-refractivity contribution in [3.63, 3.8) is 0 Å². The van der Waals surface area contributed by atoms with Gasteiger partial charge in [-0.05, 0) is 56.2 Å². The van der Waals surface area contributed by atoms with Gasteiger partial charge in [-0.3, -0.25) is 10.1 Å². The van der Waals surface area contributed by atoms with Crippen molar-refractivity contribution in [2.45, 2.75) is 69.4 Å². The van der Waals surface area contributed by atoms with Crippen LogP contribution in [0.15, 0.2) is 18.2 Å². The van der Waals surface area contributed by atoms with E-state index in [4.69, 9.17) is 9.47 Å². The first-order valence-corrected chi connectivity index (χ1v) is 8.67. The average molecular weight is 319 g/mol. The third-order valence-electron chi connectivity index (χ3n) is 5.21. The zero-order valence-electron chi connectivity index (χ0n) is 13.7. The summed E-state index contributed by atoms with van der Waals surface area (Å²) in [5.41, 5.74) is 1.00. The molecule has 2 aliphatic rings. The summed E-state index contributed by atoms with van der Waals surface area (Å²) in [4.78, 5) is 11.2. The van der Waals surface area contributed by atoms with E-state index in [2.05, 4.69) is 0 Å². The highest BCUT2D eigenvalue weighted by molar-refractivity contribution is 5.44. The second kappa shape index (κ2) is 7.20. The second-order valence-corrected chi connectivity index (χ2v) is 6.68. The van der Waals surface area contributed by atoms with Crippen LogP contribution in [0.3, 0.4) is 0 Å². The third kappa shape index (κ3) is 3.59. The molecule has 2 aliphatic carbocycles. The van der Waals surface area contributed by atoms with Crippen LogP contribution in [0.2, 0.25) is 0 Å². The average Bonchev–Trinajstić information content (AvgIpc) is 3.08. The number of ether oxygens (including phenoxy) is 2. The van der Waals surface area contributed by atoms with Crippen LogP contribution < -0.4 is 9.47 Å². The molecule has 0 N–H and O–H groups in total. The van der Waals surface area contributed by atoms with E-state index in [9.17, 15) is 10.1 Å². The molecule has 23 heavy (non-hydrogen) atoms. The molecule has 2 atom stereocenters. The lowest BCUT2D eigenvalue weighted by Gasteiger charge is -2.26. The largest absolute Gasteiger partial charge is 0.493 e. The lowest BCUT2D eigenvalue weighted by molar-refractivity contribution is -0.530. The Kier molecular flexibility index (Phi) is 5.03. The summed E-state index contributed by atoms with van der Waals surface area (Å²) in [6, 6.07) is 5.38. The molecule has 1 aromatic rings. The van der Waals surface area contributed by atoms with Gasteiger partial charge in [0.05, 0.1) is 19.1 Å². The molecule has 2 fully saturated rings. The van der Waals surface area contributed by atoms with Gasteiger partial charge in [0.1, 0.15) is 0 Å². The predicted octanol–water partition coefficient (Wildman–Crippen LogP) is 4.32. The van der Waals surface area contributed by atoms with Crippen LogP contribution >= 0.6 is 0 Å². The van der Waals surface area contributed by atoms with Gasteiger partial charge >= 0.3 is 0 Å². The number of rotatable bonds is 5. The Labute approximate surface area is 137 Å². The molecule has 0 bridgehead atoms. The van der Waals surface area contributed by atoms with Gasteiger partial charge in [-0.2, -0.15) is 0 Å². The van der Waals surface area contributed by atoms with E-state index >= 15 is 0 Å². The predicted molar refractivity (Wildman–Crippen MR) is 87.9 cm³/mol. The number of nitro groups is 1. The molecule has 0 aliphatic heterocycles. The molecule has 2 saturated carbocycles. The first kappa shape index (κ1) is 16.1. The molecule has 0 radical (unpaired) electrons. The first-order valence-electron chi connectivity index (χ1n) is 8.67. The molecule has 3 rings (SSSR count). The highest BCUT2D eigenvalue weighted by Crippen LogP contribution is 2.39. The van der Waals surface area contributed by atoms with Crippen LogP contribution in [-0.4, -0.2) is 24.2 Å². The van der Waals surface area contributed by atoms with Gasteiger partial charge in [0.25, 0.3) is 0 Å². The summed E-state index contributed by atoms with van der Waals surface area (Å²) in [5.74, 6) is 1.44. The van der Waals surface area contributed by atoms with E-state index in [1.807, 2.05) is 18.2 Å². The molecule has 1 aromatic carbocycles. The summed E-state index contributed by atoms with van der Waals surface area (Å²) in [6.45, 7) is 0. The number of hydrogen-bond donors (Lipinski definition) is 0. The lowest BCUT2D eigenvalue weighted by Crippen LogP contribution is -2.30. The van der Waals surface area contributed by atoms with Crippen LogP contribution in [0.1, 0.15) is 62.8 Å². The number of hydrogen-bond acceptors (Lipinski definition) is 4. The molecular formula is C18H25NO4. The molecule has 5 heteroatoms. The van der Waals surface area contributed by atoms with E-state index < -0.39 is 6.04 Å². The van der Waals surface area contributed by atoms with Crippen molar-refractivity contribution in [3.05, 3.63) is 33.9 Å². The third-order valence-corrected chi connectivity index (χ3v) is 5.21. The minimum atomic E-state index is -0.477. The standard InChI is InChI=1S/C18H25NO4/c1-22-18-12-13(15-8-4-5-9-16(15)19(20)21)10-11-17(18)23-14-6-2-3-7-14/h10-12,14-16H,2-9H2,1H3/t15-,16-/m0/s1. The quantitative estimate of drug-likeness (QED) is 0.599. The summed E-state index contributed by atoms with van der Waals surface area (Å²) in [7, 11) is 1.63. The maximum atomic E-state index is 11.3. The van der Waals surface area contributed by atoms with Crippen molar-refractivity contribution in [2.24, 2.45) is 0 Å². The van der Waals surface area contributed by atoms with Gasteiger partial charge in [-0.25, -0.2) is 0 Å². The molecule has 0 unspecified atom stereocenters. The molecule has 126 valence electrons. The van der Waals surface area contributed by atoms with Crippen molar-refractivity contribution in [1.82, 2.24) is 0 Å². The van der Waals surface area contributed by atoms with Crippen molar-refractivity contribution in [1.29, 1.82) is 0 Å². The first-order chi connectivity index (χ1) is 11.2. The Morgan fingerprint density at radius 3 is 2.43 bits per heavy atom. The Bertz CT molecular complexity index is 554. The van der Waals surface area contributed by atoms with Crippen LogP contribution in [0.4, 0.5) is 0 Å². The van der Waals surface area contributed by atoms with Crippen molar-refractivity contribution in [3.8, 4) is 11.5 Å². The van der Waals surface area contributed by atoms with E-state index in [0.29, 0.717) is 12.2 Å². The molecule has 0 aromatic heterocycles. The van der Waals surface area contributed by atoms with Gasteiger partial charge in [-0.15, -0.1) is 0 Å². The minimum absolute atomic E-state index is 0.0202. The fraction of sp³-hybridized carbons (Fsp3) is 0.667. The highest BCUT2D eigenvalue weighted by atomic mass is 16.6. The van der Waals surface area contributed by atoms with E-state index in [0.717, 1.165) is 43.4 Å². The normalized spacial score (nSPS) is 25.3. The van der Waals surface area contributed by atoms with Crippen LogP contribution in [-0.2, 0) is 0 Å². The summed E-state index contributed by atoms with van der Waals surface area (Å²) >= 11 is 0. The Morgan fingerprint density at radius 2 is 1.74 bits per heavy atom. The summed E-state index contributed by atoms with van der Waals surface area (Å²) in [5, 5.41) is 11.3. The molecule has 0 saturated heterocycles. The monoisotopic (exact) mass is 319 g/mol. The number of benzene rings is 1. The minimum Gasteiger partial charge on any atom is -0.493 e. The van der Waals surface area contributed by atoms with Crippen LogP contribution in [0, 0.1) is 10.1 Å². The van der Waals surface area contributed by atoms with Crippen LogP contribution in [0.5, 0.6) is 11.5 Å². The smallest absolute Gasteiger partial charge is 0.219 e. The van der Waals surface area contributed by atoms with E-state index in [-0.39, 0.29) is 16.9 Å². The Morgan fingerprint density at radius 1 is 1.04 bits per heavy atom. The van der Waals surface area contributed by atoms with Crippen molar-refractivity contribution >= 4 is 0 Å². The number of nitrogens with zero attached hydrogens (tertiary/aromatic N) is 1. The highest BCUT2D eigenvalue weighted by Gasteiger charge is 2.35. The van der Waals surface area contributed by atoms with Crippen molar-refractivity contribution < 1.29 is 14.4 Å². The lowest BCUT2D eigenvalue weighted by atomic mass is 9.80. The van der Waals surface area contributed by atoms with E-state index in [1.54, 1.807) is 7.11 Å². The fourth-order valence-electron chi connectivity index (χ4n) is 3.95. The maximum absolute atomic E-state index is 11.3. The van der Waals surface area contributed by atoms with Gasteiger partial charge in [0, 0.05) is 11.3 Å². The molecule has 5 nitrogen and oxygen atoms in total. The molecular weight excluding hydrogens is 294 g/mol. The van der Waals surface area contributed by atoms with Gasteiger partial charge in [0.2, 0.25) is 6.04 Å². The maximum Gasteiger partial charge on any atom is 0.219 e. The van der Waals surface area contributed by atoms with Crippen molar-refractivity contribution in [2.75, 3.05) is 7.11 Å². The summed E-state index contributed by atoms with van der Waals surface area (Å²) < 4.78 is 11.5. The van der Waals surface area contributed by atoms with E-state index in [1.165, 1.54) is 12.8 Å². The zero-order chi connectivity index (χ0) is 16.2. The fourth-order valence-corrected chi connectivity index (χ4v) is 3.95. The number of methoxy groups -OCH3 is 1. The molecule has 0 heterocycles. The second-order valence-electron chi connectivity index (χ2n) is 6.68. The summed E-state index contributed by atoms with van der Waals surface area (Å²) in [6.07, 6.45) is 8.44. The Hall–Kier alpha value is -1.78. The van der Waals surface area contributed by atoms with Gasteiger partial charge < -0.3 is 9.47 Å². The molecule has 0 spiro atoms. The van der Waals surface area contributed by atoms with Gasteiger partial charge in [0.15, 0.2) is 11.5 Å². The zero-order valence-corrected chi connectivity index (χ0v) is 13.7.